The van der Waals surface area contributed by atoms with Crippen molar-refractivity contribution in [2.24, 2.45) is 0 Å². The fraction of sp³-hybridized carbons (Fsp3) is 0.0385. The van der Waals surface area contributed by atoms with Crippen LogP contribution in [0.3, 0.4) is 0 Å². The Bertz CT molecular complexity index is 1510. The summed E-state index contributed by atoms with van der Waals surface area (Å²) in [5.74, 6) is 0.752. The number of aryl methyl sites for hydroxylation is 1. The molecule has 1 N–H and O–H groups in total. The average Bonchev–Trinajstić information content (AvgIpc) is 3.19. The van der Waals surface area contributed by atoms with E-state index in [0.717, 1.165) is 20.7 Å². The van der Waals surface area contributed by atoms with E-state index >= 15 is 0 Å². The van der Waals surface area contributed by atoms with Crippen LogP contribution in [0.1, 0.15) is 15.2 Å². The fourth-order valence-corrected chi connectivity index (χ4v) is 4.64. The van der Waals surface area contributed by atoms with Gasteiger partial charge in [0.15, 0.2) is 0 Å². The Morgan fingerprint density at radius 3 is 2.39 bits per heavy atom. The lowest BCUT2D eigenvalue weighted by Crippen LogP contribution is -2.33. The fourth-order valence-electron chi connectivity index (χ4n) is 3.63. The lowest BCUT2D eigenvalue weighted by atomic mass is 10.0. The molecule has 162 valence electrons. The van der Waals surface area contributed by atoms with Gasteiger partial charge in [0.1, 0.15) is 22.7 Å². The number of amides is 1. The molecule has 0 aliphatic heterocycles. The van der Waals surface area contributed by atoms with Crippen LogP contribution < -0.4 is 15.7 Å². The lowest BCUT2D eigenvalue weighted by Gasteiger charge is -2.10. The standard InChI is InChI=1S/C26H19N3O3S/c1-17-22(18-9-4-2-5-10-18)23-25(33-17)27-16-29(26(23)31)28-24(30)19-11-8-14-21(15-19)32-20-12-6-3-7-13-20/h2-16H,1H3,(H,28,30). The molecule has 0 fully saturated rings. The van der Waals surface area contributed by atoms with Gasteiger partial charge in [-0.25, -0.2) is 9.66 Å². The number of fused-ring (bicyclic) bond motifs is 1. The van der Waals surface area contributed by atoms with E-state index in [9.17, 15) is 9.59 Å². The number of aromatic nitrogens is 2. The number of thiophene rings is 1. The van der Waals surface area contributed by atoms with Crippen molar-refractivity contribution in [2.45, 2.75) is 6.92 Å². The van der Waals surface area contributed by atoms with Gasteiger partial charge in [-0.2, -0.15) is 0 Å². The number of rotatable bonds is 5. The Morgan fingerprint density at radius 2 is 1.64 bits per heavy atom. The molecule has 6 nitrogen and oxygen atoms in total. The van der Waals surface area contributed by atoms with E-state index in [2.05, 4.69) is 10.4 Å². The summed E-state index contributed by atoms with van der Waals surface area (Å²) in [4.78, 5) is 32.3. The van der Waals surface area contributed by atoms with Crippen molar-refractivity contribution in [3.63, 3.8) is 0 Å². The summed E-state index contributed by atoms with van der Waals surface area (Å²) in [6.07, 6.45) is 1.34. The number of nitrogens with one attached hydrogen (secondary N) is 1. The van der Waals surface area contributed by atoms with Gasteiger partial charge in [-0.1, -0.05) is 54.6 Å². The summed E-state index contributed by atoms with van der Waals surface area (Å²) in [7, 11) is 0. The van der Waals surface area contributed by atoms with Crippen molar-refractivity contribution in [3.05, 3.63) is 112 Å². The van der Waals surface area contributed by atoms with Gasteiger partial charge in [0.2, 0.25) is 0 Å². The number of hydrogen-bond donors (Lipinski definition) is 1. The monoisotopic (exact) mass is 453 g/mol. The van der Waals surface area contributed by atoms with E-state index in [4.69, 9.17) is 4.74 Å². The first kappa shape index (κ1) is 20.7. The molecule has 0 spiro atoms. The number of hydrogen-bond acceptors (Lipinski definition) is 5. The van der Waals surface area contributed by atoms with E-state index in [0.29, 0.717) is 27.3 Å². The molecule has 0 saturated carbocycles. The summed E-state index contributed by atoms with van der Waals surface area (Å²) in [6, 6.07) is 25.8. The normalized spacial score (nSPS) is 10.8. The molecule has 5 aromatic rings. The maximum absolute atomic E-state index is 13.3. The maximum atomic E-state index is 13.3. The Morgan fingerprint density at radius 1 is 0.939 bits per heavy atom. The van der Waals surface area contributed by atoms with E-state index in [1.807, 2.05) is 67.6 Å². The molecular weight excluding hydrogens is 434 g/mol. The minimum absolute atomic E-state index is 0.326. The van der Waals surface area contributed by atoms with Crippen LogP contribution in [0.2, 0.25) is 0 Å². The van der Waals surface area contributed by atoms with Gasteiger partial charge >= 0.3 is 0 Å². The molecule has 2 aromatic heterocycles. The molecule has 0 radical (unpaired) electrons. The molecule has 0 aliphatic rings. The summed E-state index contributed by atoms with van der Waals surface area (Å²) >= 11 is 1.46. The molecule has 0 atom stereocenters. The van der Waals surface area contributed by atoms with E-state index in [-0.39, 0.29) is 5.56 Å². The predicted octanol–water partition coefficient (Wildman–Crippen LogP) is 5.61. The van der Waals surface area contributed by atoms with E-state index in [1.165, 1.54) is 17.7 Å². The summed E-state index contributed by atoms with van der Waals surface area (Å²) < 4.78 is 6.94. The molecule has 0 unspecified atom stereocenters. The lowest BCUT2D eigenvalue weighted by molar-refractivity contribution is 0.101. The Balaban J connectivity index is 1.46. The number of ether oxygens (including phenoxy) is 1. The highest BCUT2D eigenvalue weighted by molar-refractivity contribution is 7.19. The molecule has 2 heterocycles. The van der Waals surface area contributed by atoms with Crippen molar-refractivity contribution < 1.29 is 9.53 Å². The minimum atomic E-state index is -0.440. The first-order chi connectivity index (χ1) is 16.1. The number of nitrogens with zero attached hydrogens (tertiary/aromatic N) is 2. The molecule has 0 saturated heterocycles. The maximum Gasteiger partial charge on any atom is 0.281 e. The van der Waals surface area contributed by atoms with Crippen LogP contribution in [0.4, 0.5) is 0 Å². The second-order valence-electron chi connectivity index (χ2n) is 7.38. The first-order valence-corrected chi connectivity index (χ1v) is 11.1. The van der Waals surface area contributed by atoms with Crippen LogP contribution in [0.5, 0.6) is 11.5 Å². The van der Waals surface area contributed by atoms with Crippen LogP contribution >= 0.6 is 11.3 Å². The van der Waals surface area contributed by atoms with Gasteiger partial charge < -0.3 is 4.74 Å². The number of benzene rings is 3. The van der Waals surface area contributed by atoms with Crippen molar-refractivity contribution in [1.29, 1.82) is 0 Å². The van der Waals surface area contributed by atoms with Crippen molar-refractivity contribution in [2.75, 3.05) is 5.43 Å². The Kier molecular flexibility index (Phi) is 5.46. The van der Waals surface area contributed by atoms with Crippen molar-refractivity contribution in [3.8, 4) is 22.6 Å². The highest BCUT2D eigenvalue weighted by Gasteiger charge is 2.18. The molecule has 0 bridgehead atoms. The zero-order chi connectivity index (χ0) is 22.8. The molecule has 7 heteroatoms. The molecule has 3 aromatic carbocycles. The number of carbonyl (C=O) groups is 1. The van der Waals surface area contributed by atoms with Crippen molar-refractivity contribution >= 4 is 27.5 Å². The SMILES string of the molecule is Cc1sc2ncn(NC(=O)c3cccc(Oc4ccccc4)c3)c(=O)c2c1-c1ccccc1. The third-order valence-electron chi connectivity index (χ3n) is 5.15. The van der Waals surface area contributed by atoms with E-state index in [1.54, 1.807) is 24.3 Å². The first-order valence-electron chi connectivity index (χ1n) is 10.3. The topological polar surface area (TPSA) is 73.2 Å². The molecule has 5 rings (SSSR count). The van der Waals surface area contributed by atoms with E-state index < -0.39 is 5.91 Å². The quantitative estimate of drug-likeness (QED) is 0.375. The van der Waals surface area contributed by atoms with Crippen LogP contribution in [-0.4, -0.2) is 15.6 Å². The third kappa shape index (κ3) is 4.14. The summed E-state index contributed by atoms with van der Waals surface area (Å²) in [5.41, 5.74) is 4.47. The summed E-state index contributed by atoms with van der Waals surface area (Å²) in [6.45, 7) is 1.97. The van der Waals surface area contributed by atoms with Gasteiger partial charge in [0.25, 0.3) is 11.5 Å². The summed E-state index contributed by atoms with van der Waals surface area (Å²) in [5, 5.41) is 0.493. The largest absolute Gasteiger partial charge is 0.457 e. The minimum Gasteiger partial charge on any atom is -0.457 e. The van der Waals surface area contributed by atoms with Gasteiger partial charge in [0, 0.05) is 16.0 Å². The Hall–Kier alpha value is -4.23. The molecule has 0 aliphatic carbocycles. The zero-order valence-corrected chi connectivity index (χ0v) is 18.5. The average molecular weight is 454 g/mol. The highest BCUT2D eigenvalue weighted by Crippen LogP contribution is 2.35. The van der Waals surface area contributed by atoms with Crippen molar-refractivity contribution in [1.82, 2.24) is 9.66 Å². The van der Waals surface area contributed by atoms with Crippen LogP contribution in [-0.2, 0) is 0 Å². The molecular formula is C26H19N3O3S. The Labute approximate surface area is 193 Å². The van der Waals surface area contributed by atoms with Gasteiger partial charge in [-0.15, -0.1) is 11.3 Å². The predicted molar refractivity (Wildman–Crippen MR) is 131 cm³/mol. The smallest absolute Gasteiger partial charge is 0.281 e. The van der Waals surface area contributed by atoms with Gasteiger partial charge in [0.05, 0.1) is 5.39 Å². The van der Waals surface area contributed by atoms with Gasteiger partial charge in [-0.05, 0) is 42.8 Å². The van der Waals surface area contributed by atoms with Crippen LogP contribution in [0, 0.1) is 6.92 Å². The number of carbonyl (C=O) groups excluding carboxylic acids is 1. The highest BCUT2D eigenvalue weighted by atomic mass is 32.1. The third-order valence-corrected chi connectivity index (χ3v) is 6.16. The zero-order valence-electron chi connectivity index (χ0n) is 17.7. The van der Waals surface area contributed by atoms with Crippen LogP contribution in [0.15, 0.2) is 96.1 Å². The second-order valence-corrected chi connectivity index (χ2v) is 8.59. The second kappa shape index (κ2) is 8.72. The molecule has 33 heavy (non-hydrogen) atoms. The number of para-hydroxylation sites is 1. The molecule has 1 amide bonds. The van der Waals surface area contributed by atoms with Gasteiger partial charge in [-0.3, -0.25) is 15.0 Å². The van der Waals surface area contributed by atoms with Crippen LogP contribution in [0.25, 0.3) is 21.3 Å².